The number of carbonyl (C=O) groups excluding carboxylic acids is 1. The topological polar surface area (TPSA) is 92.4 Å². The van der Waals surface area contributed by atoms with Gasteiger partial charge in [0.1, 0.15) is 12.4 Å². The van der Waals surface area contributed by atoms with E-state index in [1.54, 1.807) is 10.9 Å². The number of nitrogens with zero attached hydrogens (tertiary/aromatic N) is 4. The Morgan fingerprint density at radius 1 is 1.12 bits per heavy atom. The first-order chi connectivity index (χ1) is 16.5. The van der Waals surface area contributed by atoms with Gasteiger partial charge in [-0.05, 0) is 49.1 Å². The number of carbonyl (C=O) groups is 1. The highest BCUT2D eigenvalue weighted by Gasteiger charge is 2.28. The van der Waals surface area contributed by atoms with E-state index in [-0.39, 0.29) is 30.8 Å². The largest absolute Gasteiger partial charge is 0.395 e. The standard InChI is InChI=1S/C26H31N5O3/c1-19(2)31-26(34)30(18-28-31)23-10-8-20(9-11-23)21-12-15-29(16-13-21)24(25(33)27-14-17-32)22-6-4-3-5-7-22/h3-12,18-19,24,32H,13-17H2,1-2H3,(H,27,33). The molecule has 1 unspecified atom stereocenters. The molecule has 8 heteroatoms. The highest BCUT2D eigenvalue weighted by atomic mass is 16.3. The maximum absolute atomic E-state index is 12.9. The van der Waals surface area contributed by atoms with E-state index in [2.05, 4.69) is 21.4 Å². The Morgan fingerprint density at radius 3 is 2.44 bits per heavy atom. The predicted octanol–water partition coefficient (Wildman–Crippen LogP) is 2.55. The Balaban J connectivity index is 1.50. The number of aromatic nitrogens is 3. The third-order valence-electron chi connectivity index (χ3n) is 6.08. The van der Waals surface area contributed by atoms with Crippen LogP contribution in [-0.4, -0.2) is 56.5 Å². The molecule has 0 fully saturated rings. The van der Waals surface area contributed by atoms with E-state index in [0.717, 1.165) is 29.8 Å². The summed E-state index contributed by atoms with van der Waals surface area (Å²) in [6.45, 7) is 5.39. The van der Waals surface area contributed by atoms with Gasteiger partial charge in [-0.15, -0.1) is 0 Å². The molecule has 0 saturated carbocycles. The van der Waals surface area contributed by atoms with Gasteiger partial charge < -0.3 is 10.4 Å². The van der Waals surface area contributed by atoms with Crippen LogP contribution in [0.3, 0.4) is 0 Å². The van der Waals surface area contributed by atoms with Gasteiger partial charge in [0, 0.05) is 19.6 Å². The molecule has 1 atom stereocenters. The highest BCUT2D eigenvalue weighted by Crippen LogP contribution is 2.29. The van der Waals surface area contributed by atoms with Gasteiger partial charge in [0.15, 0.2) is 0 Å². The summed E-state index contributed by atoms with van der Waals surface area (Å²) in [4.78, 5) is 27.6. The summed E-state index contributed by atoms with van der Waals surface area (Å²) in [5.41, 5.74) is 3.89. The molecule has 2 heterocycles. The first kappa shape index (κ1) is 23.7. The van der Waals surface area contributed by atoms with Gasteiger partial charge in [0.05, 0.1) is 18.3 Å². The maximum Gasteiger partial charge on any atom is 0.350 e. The normalized spacial score (nSPS) is 15.2. The lowest BCUT2D eigenvalue weighted by atomic mass is 9.96. The quantitative estimate of drug-likeness (QED) is 0.538. The fraction of sp³-hybridized carbons (Fsp3) is 0.346. The first-order valence-corrected chi connectivity index (χ1v) is 11.6. The molecule has 178 valence electrons. The Hall–Kier alpha value is -3.49. The second kappa shape index (κ2) is 10.6. The minimum Gasteiger partial charge on any atom is -0.395 e. The summed E-state index contributed by atoms with van der Waals surface area (Å²) in [6.07, 6.45) is 4.53. The summed E-state index contributed by atoms with van der Waals surface area (Å²) in [5, 5.41) is 16.1. The molecule has 1 aliphatic heterocycles. The SMILES string of the molecule is CC(C)n1ncn(-c2ccc(C3=CCN(C(C(=O)NCCO)c4ccccc4)CC3)cc2)c1=O. The van der Waals surface area contributed by atoms with Gasteiger partial charge in [-0.1, -0.05) is 48.5 Å². The van der Waals surface area contributed by atoms with Crippen LogP contribution < -0.4 is 11.0 Å². The van der Waals surface area contributed by atoms with E-state index in [1.165, 1.54) is 10.3 Å². The third-order valence-corrected chi connectivity index (χ3v) is 6.08. The molecule has 2 N–H and O–H groups in total. The van der Waals surface area contributed by atoms with Gasteiger partial charge in [-0.25, -0.2) is 14.0 Å². The summed E-state index contributed by atoms with van der Waals surface area (Å²) >= 11 is 0. The molecule has 0 radical (unpaired) electrons. The fourth-order valence-corrected chi connectivity index (χ4v) is 4.30. The van der Waals surface area contributed by atoms with E-state index < -0.39 is 6.04 Å². The van der Waals surface area contributed by atoms with Gasteiger partial charge in [-0.3, -0.25) is 9.69 Å². The van der Waals surface area contributed by atoms with Crippen molar-refractivity contribution in [2.45, 2.75) is 32.4 Å². The van der Waals surface area contributed by atoms with Crippen LogP contribution in [0.5, 0.6) is 0 Å². The van der Waals surface area contributed by atoms with E-state index in [9.17, 15) is 9.59 Å². The molecule has 0 saturated heterocycles. The van der Waals surface area contributed by atoms with Gasteiger partial charge in [0.25, 0.3) is 0 Å². The Morgan fingerprint density at radius 2 is 1.85 bits per heavy atom. The minimum absolute atomic E-state index is 0.00814. The van der Waals surface area contributed by atoms with Crippen LogP contribution in [0, 0.1) is 0 Å². The Kier molecular flexibility index (Phi) is 7.40. The number of aliphatic hydroxyl groups is 1. The number of rotatable bonds is 8. The number of aliphatic hydroxyl groups excluding tert-OH is 1. The van der Waals surface area contributed by atoms with Crippen molar-refractivity contribution in [1.82, 2.24) is 24.6 Å². The van der Waals surface area contributed by atoms with Gasteiger partial charge in [-0.2, -0.15) is 5.10 Å². The van der Waals surface area contributed by atoms with Crippen molar-refractivity contribution in [3.05, 3.63) is 88.6 Å². The van der Waals surface area contributed by atoms with Crippen molar-refractivity contribution < 1.29 is 9.90 Å². The molecule has 1 aliphatic rings. The molecule has 4 rings (SSSR count). The molecule has 8 nitrogen and oxygen atoms in total. The van der Waals surface area contributed by atoms with Crippen molar-refractivity contribution in [3.8, 4) is 5.69 Å². The molecule has 0 bridgehead atoms. The zero-order chi connectivity index (χ0) is 24.1. The van der Waals surface area contributed by atoms with E-state index >= 15 is 0 Å². The first-order valence-electron chi connectivity index (χ1n) is 11.6. The lowest BCUT2D eigenvalue weighted by molar-refractivity contribution is -0.126. The van der Waals surface area contributed by atoms with Crippen molar-refractivity contribution in [2.75, 3.05) is 26.2 Å². The second-order valence-corrected chi connectivity index (χ2v) is 8.67. The average Bonchev–Trinajstić information content (AvgIpc) is 3.25. The number of hydrogen-bond acceptors (Lipinski definition) is 5. The summed E-state index contributed by atoms with van der Waals surface area (Å²) in [7, 11) is 0. The summed E-state index contributed by atoms with van der Waals surface area (Å²) in [5.74, 6) is -0.103. The van der Waals surface area contributed by atoms with Crippen LogP contribution in [-0.2, 0) is 4.79 Å². The molecule has 3 aromatic rings. The number of amides is 1. The molecule has 0 aliphatic carbocycles. The molecular formula is C26H31N5O3. The molecule has 1 amide bonds. The van der Waals surface area contributed by atoms with Crippen LogP contribution >= 0.6 is 0 Å². The van der Waals surface area contributed by atoms with Crippen LogP contribution in [0.4, 0.5) is 0 Å². The van der Waals surface area contributed by atoms with Crippen molar-refractivity contribution in [3.63, 3.8) is 0 Å². The maximum atomic E-state index is 12.9. The summed E-state index contributed by atoms with van der Waals surface area (Å²) in [6, 6.07) is 17.3. The number of nitrogens with one attached hydrogen (secondary N) is 1. The number of hydrogen-bond donors (Lipinski definition) is 2. The van der Waals surface area contributed by atoms with Crippen LogP contribution in [0.15, 0.2) is 71.8 Å². The zero-order valence-corrected chi connectivity index (χ0v) is 19.6. The molecule has 34 heavy (non-hydrogen) atoms. The third kappa shape index (κ3) is 5.03. The fourth-order valence-electron chi connectivity index (χ4n) is 4.30. The summed E-state index contributed by atoms with van der Waals surface area (Å²) < 4.78 is 3.02. The predicted molar refractivity (Wildman–Crippen MR) is 132 cm³/mol. The van der Waals surface area contributed by atoms with Crippen molar-refractivity contribution in [2.24, 2.45) is 0 Å². The van der Waals surface area contributed by atoms with Crippen LogP contribution in [0.25, 0.3) is 11.3 Å². The number of benzene rings is 2. The molecule has 2 aromatic carbocycles. The van der Waals surface area contributed by atoms with Crippen LogP contribution in [0.2, 0.25) is 0 Å². The highest BCUT2D eigenvalue weighted by molar-refractivity contribution is 5.83. The van der Waals surface area contributed by atoms with Gasteiger partial charge >= 0.3 is 5.69 Å². The van der Waals surface area contributed by atoms with Gasteiger partial charge in [0.2, 0.25) is 5.91 Å². The van der Waals surface area contributed by atoms with E-state index in [0.29, 0.717) is 6.54 Å². The van der Waals surface area contributed by atoms with Crippen molar-refractivity contribution >= 4 is 11.5 Å². The zero-order valence-electron chi connectivity index (χ0n) is 19.6. The van der Waals surface area contributed by atoms with E-state index in [1.807, 2.05) is 68.4 Å². The Labute approximate surface area is 199 Å². The van der Waals surface area contributed by atoms with Crippen molar-refractivity contribution in [1.29, 1.82) is 0 Å². The molecule has 0 spiro atoms. The molecular weight excluding hydrogens is 430 g/mol. The van der Waals surface area contributed by atoms with Crippen LogP contribution in [0.1, 0.15) is 43.5 Å². The Bertz CT molecular complexity index is 1200. The smallest absolute Gasteiger partial charge is 0.350 e. The second-order valence-electron chi connectivity index (χ2n) is 8.67. The lowest BCUT2D eigenvalue weighted by Gasteiger charge is -2.33. The lowest BCUT2D eigenvalue weighted by Crippen LogP contribution is -2.43. The van der Waals surface area contributed by atoms with E-state index in [4.69, 9.17) is 5.11 Å². The average molecular weight is 462 g/mol. The minimum atomic E-state index is -0.405. The monoisotopic (exact) mass is 461 g/mol. The molecule has 1 aromatic heterocycles.